The van der Waals surface area contributed by atoms with Gasteiger partial charge in [-0.05, 0) is 59.7 Å². The summed E-state index contributed by atoms with van der Waals surface area (Å²) in [6.45, 7) is 0. The number of aromatic nitrogens is 3. The molecule has 0 bridgehead atoms. The van der Waals surface area contributed by atoms with E-state index in [-0.39, 0.29) is 5.97 Å². The molecule has 3 aromatic rings. The first kappa shape index (κ1) is 15.3. The molecule has 0 N–H and O–H groups in total. The first-order valence-corrected chi connectivity index (χ1v) is 8.89. The van der Waals surface area contributed by atoms with E-state index >= 15 is 0 Å². The number of hydrogen-bond donors (Lipinski definition) is 0. The fourth-order valence-electron chi connectivity index (χ4n) is 3.95. The van der Waals surface area contributed by atoms with Crippen LogP contribution in [-0.4, -0.2) is 27.8 Å². The van der Waals surface area contributed by atoms with Crippen LogP contribution in [0.2, 0.25) is 0 Å². The highest BCUT2D eigenvalue weighted by atomic mass is 16.5. The molecule has 5 rings (SSSR count). The Morgan fingerprint density at radius 2 is 2.12 bits per heavy atom. The number of carbonyl (C=O) groups excluding carboxylic acids is 1. The number of methoxy groups -OCH3 is 1. The fourth-order valence-corrected chi connectivity index (χ4v) is 3.95. The molecule has 0 unspecified atom stereocenters. The maximum absolute atomic E-state index is 12.1. The number of nitrogens with zero attached hydrogens (tertiary/aromatic N) is 3. The normalized spacial score (nSPS) is 15.8. The van der Waals surface area contributed by atoms with Crippen LogP contribution in [0, 0.1) is 0 Å². The molecule has 0 aliphatic heterocycles. The first-order valence-electron chi connectivity index (χ1n) is 8.89. The lowest BCUT2D eigenvalue weighted by molar-refractivity contribution is 0.0599. The van der Waals surface area contributed by atoms with E-state index in [1.807, 2.05) is 11.7 Å². The molecular weight excluding hydrogens is 326 g/mol. The second kappa shape index (κ2) is 5.53. The predicted octanol–water partition coefficient (Wildman–Crippen LogP) is 3.73. The predicted molar refractivity (Wildman–Crippen MR) is 99.8 cm³/mol. The highest BCUT2D eigenvalue weighted by Crippen LogP contribution is 2.42. The van der Waals surface area contributed by atoms with Gasteiger partial charge in [-0.25, -0.2) is 4.79 Å². The Morgan fingerprint density at radius 3 is 2.88 bits per heavy atom. The number of aryl methyl sites for hydroxylation is 1. The van der Waals surface area contributed by atoms with E-state index in [0.29, 0.717) is 17.9 Å². The molecule has 26 heavy (non-hydrogen) atoms. The minimum atomic E-state index is -0.316. The molecule has 5 nitrogen and oxygen atoms in total. The molecule has 2 aliphatic carbocycles. The molecule has 2 heterocycles. The van der Waals surface area contributed by atoms with Crippen molar-refractivity contribution in [2.45, 2.75) is 25.2 Å². The summed E-state index contributed by atoms with van der Waals surface area (Å²) >= 11 is 0. The van der Waals surface area contributed by atoms with Crippen molar-refractivity contribution in [1.29, 1.82) is 0 Å². The standard InChI is InChI=1S/C21H19N3O2/c1-24-20(17-9-13(12-3-4-12)5-6-18(17)23-24)14-10-16-15(21(25)26-2)7-8-22-19(16)11-14/h5-9,11-12H,3-4,10H2,1-2H3. The SMILES string of the molecule is COC(=O)c1ccnc2c1CC(c1c3cc(C4CC4)ccc3nn1C)=C2. The summed E-state index contributed by atoms with van der Waals surface area (Å²) in [4.78, 5) is 16.5. The summed E-state index contributed by atoms with van der Waals surface area (Å²) in [5.74, 6) is 0.388. The smallest absolute Gasteiger partial charge is 0.338 e. The first-order chi connectivity index (χ1) is 12.7. The molecule has 1 aromatic carbocycles. The van der Waals surface area contributed by atoms with Crippen molar-refractivity contribution in [1.82, 2.24) is 14.8 Å². The third-order valence-electron chi connectivity index (χ3n) is 5.38. The Kier molecular flexibility index (Phi) is 3.26. The monoisotopic (exact) mass is 345 g/mol. The van der Waals surface area contributed by atoms with Crippen LogP contribution in [-0.2, 0) is 18.2 Å². The average Bonchev–Trinajstić information content (AvgIpc) is 3.32. The van der Waals surface area contributed by atoms with Gasteiger partial charge in [-0.15, -0.1) is 0 Å². The molecule has 0 atom stereocenters. The Hall–Kier alpha value is -2.95. The van der Waals surface area contributed by atoms with Crippen molar-refractivity contribution >= 4 is 28.5 Å². The van der Waals surface area contributed by atoms with Crippen LogP contribution in [0.5, 0.6) is 0 Å². The quantitative estimate of drug-likeness (QED) is 0.679. The fraction of sp³-hybridized carbons (Fsp3) is 0.286. The molecule has 0 saturated heterocycles. The van der Waals surface area contributed by atoms with Crippen LogP contribution in [0.1, 0.15) is 51.6 Å². The van der Waals surface area contributed by atoms with Gasteiger partial charge in [-0.1, -0.05) is 6.07 Å². The minimum absolute atomic E-state index is 0.316. The topological polar surface area (TPSA) is 57.0 Å². The second-order valence-electron chi connectivity index (χ2n) is 7.08. The van der Waals surface area contributed by atoms with Crippen molar-refractivity contribution in [3.05, 3.63) is 58.5 Å². The van der Waals surface area contributed by atoms with E-state index in [4.69, 9.17) is 4.74 Å². The van der Waals surface area contributed by atoms with Gasteiger partial charge in [0.15, 0.2) is 0 Å². The Morgan fingerprint density at radius 1 is 1.27 bits per heavy atom. The summed E-state index contributed by atoms with van der Waals surface area (Å²) < 4.78 is 6.86. The number of pyridine rings is 1. The molecule has 1 saturated carbocycles. The number of carbonyl (C=O) groups is 1. The molecule has 0 spiro atoms. The number of ether oxygens (including phenoxy) is 1. The summed E-state index contributed by atoms with van der Waals surface area (Å²) in [5.41, 5.74) is 7.02. The summed E-state index contributed by atoms with van der Waals surface area (Å²) in [6, 6.07) is 8.33. The van der Waals surface area contributed by atoms with Crippen LogP contribution in [0.3, 0.4) is 0 Å². The van der Waals surface area contributed by atoms with Gasteiger partial charge in [0.25, 0.3) is 0 Å². The van der Waals surface area contributed by atoms with E-state index < -0.39 is 0 Å². The van der Waals surface area contributed by atoms with Gasteiger partial charge in [0.05, 0.1) is 29.6 Å². The lowest BCUT2D eigenvalue weighted by atomic mass is 10.0. The Bertz CT molecular complexity index is 1090. The molecule has 0 amide bonds. The molecule has 2 aromatic heterocycles. The van der Waals surface area contributed by atoms with Gasteiger partial charge >= 0.3 is 5.97 Å². The van der Waals surface area contributed by atoms with Crippen molar-refractivity contribution in [3.63, 3.8) is 0 Å². The summed E-state index contributed by atoms with van der Waals surface area (Å²) in [5, 5.41) is 5.86. The molecule has 1 fully saturated rings. The van der Waals surface area contributed by atoms with Gasteiger partial charge in [0.1, 0.15) is 0 Å². The van der Waals surface area contributed by atoms with Gasteiger partial charge in [-0.3, -0.25) is 9.67 Å². The zero-order valence-electron chi connectivity index (χ0n) is 14.8. The van der Waals surface area contributed by atoms with E-state index in [1.165, 1.54) is 30.9 Å². The average molecular weight is 345 g/mol. The molecular formula is C21H19N3O2. The molecule has 130 valence electrons. The molecule has 0 radical (unpaired) electrons. The van der Waals surface area contributed by atoms with Crippen molar-refractivity contribution in [2.24, 2.45) is 7.05 Å². The lowest BCUT2D eigenvalue weighted by Gasteiger charge is -2.07. The van der Waals surface area contributed by atoms with Crippen molar-refractivity contribution < 1.29 is 9.53 Å². The summed E-state index contributed by atoms with van der Waals surface area (Å²) in [7, 11) is 3.39. The lowest BCUT2D eigenvalue weighted by Crippen LogP contribution is -2.07. The second-order valence-corrected chi connectivity index (χ2v) is 7.08. The van der Waals surface area contributed by atoms with Crippen LogP contribution < -0.4 is 0 Å². The largest absolute Gasteiger partial charge is 0.465 e. The van der Waals surface area contributed by atoms with Crippen molar-refractivity contribution in [2.75, 3.05) is 7.11 Å². The zero-order chi connectivity index (χ0) is 17.8. The zero-order valence-corrected chi connectivity index (χ0v) is 14.8. The van der Waals surface area contributed by atoms with Gasteiger partial charge in [0.2, 0.25) is 0 Å². The maximum atomic E-state index is 12.1. The Labute approximate surface area is 151 Å². The van der Waals surface area contributed by atoms with Gasteiger partial charge in [-0.2, -0.15) is 5.10 Å². The van der Waals surface area contributed by atoms with Crippen molar-refractivity contribution in [3.8, 4) is 0 Å². The van der Waals surface area contributed by atoms with Gasteiger partial charge in [0, 0.05) is 25.1 Å². The third-order valence-corrected chi connectivity index (χ3v) is 5.38. The van der Waals surface area contributed by atoms with Crippen LogP contribution in [0.15, 0.2) is 30.5 Å². The number of allylic oxidation sites excluding steroid dienone is 1. The number of hydrogen-bond acceptors (Lipinski definition) is 4. The minimum Gasteiger partial charge on any atom is -0.465 e. The van der Waals surface area contributed by atoms with E-state index in [2.05, 4.69) is 34.4 Å². The van der Waals surface area contributed by atoms with E-state index in [0.717, 1.165) is 28.0 Å². The maximum Gasteiger partial charge on any atom is 0.338 e. The Balaban J connectivity index is 1.62. The highest BCUT2D eigenvalue weighted by molar-refractivity contribution is 6.01. The highest BCUT2D eigenvalue weighted by Gasteiger charge is 2.27. The van der Waals surface area contributed by atoms with Crippen LogP contribution >= 0.6 is 0 Å². The third kappa shape index (κ3) is 2.27. The van der Waals surface area contributed by atoms with Crippen LogP contribution in [0.25, 0.3) is 22.6 Å². The number of rotatable bonds is 3. The van der Waals surface area contributed by atoms with E-state index in [9.17, 15) is 4.79 Å². The summed E-state index contributed by atoms with van der Waals surface area (Å²) in [6.07, 6.45) is 6.96. The number of fused-ring (bicyclic) bond motifs is 2. The van der Waals surface area contributed by atoms with Crippen LogP contribution in [0.4, 0.5) is 0 Å². The van der Waals surface area contributed by atoms with Gasteiger partial charge < -0.3 is 4.74 Å². The molecule has 5 heteroatoms. The number of esters is 1. The van der Waals surface area contributed by atoms with E-state index in [1.54, 1.807) is 12.3 Å². The molecule has 2 aliphatic rings. The number of benzene rings is 1.